The average molecular weight is 377 g/mol. The molecule has 150 valence electrons. The van der Waals surface area contributed by atoms with Crippen molar-refractivity contribution in [1.82, 2.24) is 15.1 Å². The number of nitrogens with zero attached hydrogens (tertiary/aromatic N) is 3. The highest BCUT2D eigenvalue weighted by molar-refractivity contribution is 5.99. The Balaban J connectivity index is 2.36. The van der Waals surface area contributed by atoms with Crippen LogP contribution in [0.1, 0.15) is 31.1 Å². The largest absolute Gasteiger partial charge is 0.485 e. The van der Waals surface area contributed by atoms with Gasteiger partial charge >= 0.3 is 6.03 Å². The van der Waals surface area contributed by atoms with Gasteiger partial charge in [-0.3, -0.25) is 4.79 Å². The highest BCUT2D eigenvalue weighted by Crippen LogP contribution is 2.35. The van der Waals surface area contributed by atoms with Gasteiger partial charge in [0.1, 0.15) is 6.10 Å². The molecule has 7 heteroatoms. The standard InChI is InChI=1S/C20H32N4O3/c1-13(2)21-20(26)24(7)12-17-14(3)11-23(6)19(25)15-9-8-10-16(22(4)5)18(15)27-17/h8-10,13-14,17H,11-12H2,1-7H3,(H,21,26)/t14-,17+/m1/s1. The summed E-state index contributed by atoms with van der Waals surface area (Å²) in [5, 5.41) is 2.90. The van der Waals surface area contributed by atoms with Gasteiger partial charge < -0.3 is 24.8 Å². The molecule has 0 spiro atoms. The predicted molar refractivity (Wildman–Crippen MR) is 108 cm³/mol. The Morgan fingerprint density at radius 1 is 1.33 bits per heavy atom. The lowest BCUT2D eigenvalue weighted by Gasteiger charge is -2.36. The maximum absolute atomic E-state index is 12.8. The number of rotatable bonds is 4. The molecule has 1 aliphatic rings. The summed E-state index contributed by atoms with van der Waals surface area (Å²) >= 11 is 0. The molecule has 2 atom stereocenters. The third-order valence-electron chi connectivity index (χ3n) is 4.73. The summed E-state index contributed by atoms with van der Waals surface area (Å²) in [6.45, 7) is 6.91. The van der Waals surface area contributed by atoms with Crippen LogP contribution in [-0.4, -0.2) is 75.2 Å². The van der Waals surface area contributed by atoms with Crippen LogP contribution in [0.2, 0.25) is 0 Å². The Hall–Kier alpha value is -2.44. The van der Waals surface area contributed by atoms with E-state index in [-0.39, 0.29) is 30.0 Å². The first-order valence-electron chi connectivity index (χ1n) is 9.35. The van der Waals surface area contributed by atoms with E-state index in [1.54, 1.807) is 22.9 Å². The number of fused-ring (bicyclic) bond motifs is 1. The SMILES string of the molecule is CC(C)NC(=O)N(C)C[C@@H]1Oc2c(cccc2N(C)C)C(=O)N(C)C[C@H]1C. The second kappa shape index (κ2) is 8.50. The molecule has 0 bridgehead atoms. The molecule has 7 nitrogen and oxygen atoms in total. The quantitative estimate of drug-likeness (QED) is 0.876. The van der Waals surface area contributed by atoms with Gasteiger partial charge in [0.05, 0.1) is 17.8 Å². The Morgan fingerprint density at radius 2 is 2.00 bits per heavy atom. The number of hydrogen-bond donors (Lipinski definition) is 1. The van der Waals surface area contributed by atoms with Crippen molar-refractivity contribution in [3.8, 4) is 5.75 Å². The van der Waals surface area contributed by atoms with Crippen LogP contribution in [0.4, 0.5) is 10.5 Å². The van der Waals surface area contributed by atoms with Crippen molar-refractivity contribution in [2.45, 2.75) is 32.9 Å². The number of benzene rings is 1. The van der Waals surface area contributed by atoms with Gasteiger partial charge in [-0.1, -0.05) is 13.0 Å². The van der Waals surface area contributed by atoms with E-state index < -0.39 is 0 Å². The van der Waals surface area contributed by atoms with Crippen LogP contribution in [0, 0.1) is 5.92 Å². The molecule has 27 heavy (non-hydrogen) atoms. The smallest absolute Gasteiger partial charge is 0.317 e. The second-order valence-electron chi connectivity index (χ2n) is 7.85. The first kappa shape index (κ1) is 20.9. The highest BCUT2D eigenvalue weighted by atomic mass is 16.5. The molecule has 1 aromatic carbocycles. The predicted octanol–water partition coefficient (Wildman–Crippen LogP) is 2.27. The lowest BCUT2D eigenvalue weighted by molar-refractivity contribution is 0.0578. The van der Waals surface area contributed by atoms with Gasteiger partial charge in [-0.15, -0.1) is 0 Å². The summed E-state index contributed by atoms with van der Waals surface area (Å²) in [5.74, 6) is 0.593. The first-order valence-corrected chi connectivity index (χ1v) is 9.35. The number of urea groups is 1. The number of ether oxygens (including phenoxy) is 1. The van der Waals surface area contributed by atoms with E-state index in [2.05, 4.69) is 5.32 Å². The number of nitrogens with one attached hydrogen (secondary N) is 1. The molecular formula is C20H32N4O3. The highest BCUT2D eigenvalue weighted by Gasteiger charge is 2.32. The molecule has 3 amide bonds. The number of anilines is 1. The van der Waals surface area contributed by atoms with Crippen molar-refractivity contribution in [3.63, 3.8) is 0 Å². The van der Waals surface area contributed by atoms with Gasteiger partial charge in [-0.05, 0) is 26.0 Å². The summed E-state index contributed by atoms with van der Waals surface area (Å²) < 4.78 is 6.38. The van der Waals surface area contributed by atoms with Crippen LogP contribution in [0.5, 0.6) is 5.75 Å². The summed E-state index contributed by atoms with van der Waals surface area (Å²) in [4.78, 5) is 30.4. The van der Waals surface area contributed by atoms with Gasteiger partial charge in [-0.2, -0.15) is 0 Å². The molecule has 1 heterocycles. The number of amides is 3. The number of carbonyl (C=O) groups excluding carboxylic acids is 2. The van der Waals surface area contributed by atoms with Crippen LogP contribution < -0.4 is 15.0 Å². The normalized spacial score (nSPS) is 19.7. The van der Waals surface area contributed by atoms with E-state index in [9.17, 15) is 9.59 Å². The second-order valence-corrected chi connectivity index (χ2v) is 7.85. The Kier molecular flexibility index (Phi) is 6.57. The molecule has 0 fully saturated rings. The first-order chi connectivity index (χ1) is 12.6. The molecule has 1 aliphatic heterocycles. The molecule has 0 radical (unpaired) electrons. The topological polar surface area (TPSA) is 65.1 Å². The van der Waals surface area contributed by atoms with Crippen LogP contribution in [0.25, 0.3) is 0 Å². The minimum absolute atomic E-state index is 0.0510. The molecule has 0 aromatic heterocycles. The van der Waals surface area contributed by atoms with Crippen molar-refractivity contribution in [3.05, 3.63) is 23.8 Å². The van der Waals surface area contributed by atoms with Crippen molar-refractivity contribution in [2.75, 3.05) is 46.2 Å². The molecule has 1 N–H and O–H groups in total. The van der Waals surface area contributed by atoms with Crippen molar-refractivity contribution >= 4 is 17.6 Å². The fraction of sp³-hybridized carbons (Fsp3) is 0.600. The Morgan fingerprint density at radius 3 is 2.59 bits per heavy atom. The van der Waals surface area contributed by atoms with Crippen LogP contribution in [0.3, 0.4) is 0 Å². The van der Waals surface area contributed by atoms with Gasteiger partial charge in [0, 0.05) is 46.7 Å². The minimum atomic E-state index is -0.233. The monoisotopic (exact) mass is 376 g/mol. The van der Waals surface area contributed by atoms with Gasteiger partial charge in [0.25, 0.3) is 5.91 Å². The third-order valence-corrected chi connectivity index (χ3v) is 4.73. The number of hydrogen-bond acceptors (Lipinski definition) is 4. The van der Waals surface area contributed by atoms with Gasteiger partial charge in [0.15, 0.2) is 5.75 Å². The summed E-state index contributed by atoms with van der Waals surface area (Å²) in [5.41, 5.74) is 1.40. The summed E-state index contributed by atoms with van der Waals surface area (Å²) in [6, 6.07) is 5.54. The molecule has 1 aromatic rings. The van der Waals surface area contributed by atoms with E-state index in [1.807, 2.05) is 58.9 Å². The molecule has 0 unspecified atom stereocenters. The summed E-state index contributed by atoms with van der Waals surface area (Å²) in [7, 11) is 7.42. The third kappa shape index (κ3) is 4.84. The summed E-state index contributed by atoms with van der Waals surface area (Å²) in [6.07, 6.45) is -0.233. The zero-order valence-electron chi connectivity index (χ0n) is 17.4. The van der Waals surface area contributed by atoms with Crippen LogP contribution in [0.15, 0.2) is 18.2 Å². The van der Waals surface area contributed by atoms with E-state index in [4.69, 9.17) is 4.74 Å². The lowest BCUT2D eigenvalue weighted by atomic mass is 10.0. The number of carbonyl (C=O) groups is 2. The fourth-order valence-corrected chi connectivity index (χ4v) is 3.20. The zero-order chi connectivity index (χ0) is 20.3. The van der Waals surface area contributed by atoms with E-state index in [1.165, 1.54) is 0 Å². The molecular weight excluding hydrogens is 344 g/mol. The maximum atomic E-state index is 12.8. The van der Waals surface area contributed by atoms with E-state index >= 15 is 0 Å². The molecule has 2 rings (SSSR count). The average Bonchev–Trinajstić information content (AvgIpc) is 2.58. The lowest BCUT2D eigenvalue weighted by Crippen LogP contribution is -2.49. The van der Waals surface area contributed by atoms with Gasteiger partial charge in [0.2, 0.25) is 0 Å². The fourth-order valence-electron chi connectivity index (χ4n) is 3.20. The minimum Gasteiger partial charge on any atom is -0.485 e. The maximum Gasteiger partial charge on any atom is 0.317 e. The van der Waals surface area contributed by atoms with Crippen LogP contribution >= 0.6 is 0 Å². The number of para-hydroxylation sites is 1. The van der Waals surface area contributed by atoms with Crippen molar-refractivity contribution in [2.24, 2.45) is 5.92 Å². The van der Waals surface area contributed by atoms with Crippen LogP contribution in [-0.2, 0) is 0 Å². The van der Waals surface area contributed by atoms with Crippen molar-refractivity contribution < 1.29 is 14.3 Å². The molecule has 0 aliphatic carbocycles. The van der Waals surface area contributed by atoms with Gasteiger partial charge in [-0.25, -0.2) is 4.79 Å². The molecule has 0 saturated heterocycles. The van der Waals surface area contributed by atoms with Crippen molar-refractivity contribution in [1.29, 1.82) is 0 Å². The Labute approximate surface area is 162 Å². The zero-order valence-corrected chi connectivity index (χ0v) is 17.4. The number of likely N-dealkylation sites (N-methyl/N-ethyl adjacent to an activating group) is 1. The van der Waals surface area contributed by atoms with E-state index in [0.717, 1.165) is 5.69 Å². The molecule has 0 saturated carbocycles. The van der Waals surface area contributed by atoms with E-state index in [0.29, 0.717) is 24.4 Å². The Bertz CT molecular complexity index is 690.